The van der Waals surface area contributed by atoms with Gasteiger partial charge in [0.05, 0.1) is 21.4 Å². The van der Waals surface area contributed by atoms with Crippen LogP contribution in [0.3, 0.4) is 0 Å². The van der Waals surface area contributed by atoms with Crippen LogP contribution >= 0.6 is 0 Å². The smallest absolute Gasteiger partial charge is 0.144 e. The van der Waals surface area contributed by atoms with Crippen LogP contribution in [0.25, 0.3) is 54.7 Å². The number of pyridine rings is 1. The predicted molar refractivity (Wildman–Crippen MR) is 145 cm³/mol. The molecule has 6 aromatic rings. The van der Waals surface area contributed by atoms with Crippen LogP contribution in [0.2, 0.25) is 0 Å². The molecule has 0 spiro atoms. The molecule has 0 aliphatic rings. The van der Waals surface area contributed by atoms with E-state index in [9.17, 15) is 0 Å². The Morgan fingerprint density at radius 2 is 1.41 bits per heavy atom. The first-order valence-corrected chi connectivity index (χ1v) is 11.6. The molecule has 0 saturated heterocycles. The second-order valence-electron chi connectivity index (χ2n) is 10.2. The van der Waals surface area contributed by atoms with E-state index in [1.807, 2.05) is 39.0 Å². The van der Waals surface area contributed by atoms with Gasteiger partial charge < -0.3 is 4.42 Å². The van der Waals surface area contributed by atoms with E-state index < -0.39 is 5.21 Å². The van der Waals surface area contributed by atoms with Crippen molar-refractivity contribution in [3.05, 3.63) is 90.6 Å². The van der Waals surface area contributed by atoms with E-state index in [1.54, 1.807) is 6.20 Å². The molecule has 0 unspecified atom stereocenters. The Kier molecular flexibility index (Phi) is 4.48. The molecular formula is C30H23B2NO. The fourth-order valence-electron chi connectivity index (χ4n) is 4.81. The lowest BCUT2D eigenvalue weighted by Gasteiger charge is -2.40. The maximum Gasteiger partial charge on any atom is 0.144 e. The van der Waals surface area contributed by atoms with E-state index in [0.717, 1.165) is 49.5 Å². The summed E-state index contributed by atoms with van der Waals surface area (Å²) < 4.78 is 6.65. The standard InChI is InChI=1S/C30H23B2NO/c1-29(2,3)30(31,32)20-15-16-33-25(17-20)24-10-6-9-22-23-14-13-19-12-11-18-7-4-5-8-21(18)26(19)28(23)34-27(22)24/h4-17H,1-3H3. The Morgan fingerprint density at radius 3 is 2.24 bits per heavy atom. The van der Waals surface area contributed by atoms with E-state index in [1.165, 1.54) is 10.8 Å². The van der Waals surface area contributed by atoms with Gasteiger partial charge in [0.25, 0.3) is 0 Å². The lowest BCUT2D eigenvalue weighted by Crippen LogP contribution is -2.41. The Labute approximate surface area is 201 Å². The third-order valence-corrected chi connectivity index (χ3v) is 7.13. The summed E-state index contributed by atoms with van der Waals surface area (Å²) in [5, 5.41) is 5.84. The molecule has 2 nitrogen and oxygen atoms in total. The Morgan fingerprint density at radius 1 is 0.706 bits per heavy atom. The minimum atomic E-state index is -0.998. The zero-order valence-electron chi connectivity index (χ0n) is 19.6. The van der Waals surface area contributed by atoms with Crippen LogP contribution in [0, 0.1) is 5.41 Å². The normalized spacial score (nSPS) is 12.8. The number of para-hydroxylation sites is 1. The van der Waals surface area contributed by atoms with E-state index in [2.05, 4.69) is 65.6 Å². The van der Waals surface area contributed by atoms with Gasteiger partial charge in [-0.2, -0.15) is 0 Å². The summed E-state index contributed by atoms with van der Waals surface area (Å²) in [5.74, 6) is 0. The van der Waals surface area contributed by atoms with Gasteiger partial charge in [0, 0.05) is 27.9 Å². The van der Waals surface area contributed by atoms with Crippen LogP contribution in [0.1, 0.15) is 26.3 Å². The summed E-state index contributed by atoms with van der Waals surface area (Å²) in [6.07, 6.45) is 1.77. The number of fused-ring (bicyclic) bond motifs is 7. The van der Waals surface area contributed by atoms with Crippen molar-refractivity contribution in [2.45, 2.75) is 26.0 Å². The average Bonchev–Trinajstić information content (AvgIpc) is 3.22. The van der Waals surface area contributed by atoms with Crippen molar-refractivity contribution in [1.29, 1.82) is 0 Å². The van der Waals surface area contributed by atoms with E-state index in [4.69, 9.17) is 20.1 Å². The minimum absolute atomic E-state index is 0.322. The predicted octanol–water partition coefficient (Wildman–Crippen LogP) is 7.49. The molecule has 0 aliphatic heterocycles. The lowest BCUT2D eigenvalue weighted by atomic mass is 9.41. The van der Waals surface area contributed by atoms with Crippen molar-refractivity contribution in [2.75, 3.05) is 0 Å². The number of aromatic nitrogens is 1. The molecule has 4 aromatic carbocycles. The van der Waals surface area contributed by atoms with Crippen LogP contribution in [0.15, 0.2) is 89.5 Å². The topological polar surface area (TPSA) is 26.0 Å². The van der Waals surface area contributed by atoms with Crippen molar-refractivity contribution in [3.8, 4) is 11.3 Å². The van der Waals surface area contributed by atoms with Gasteiger partial charge >= 0.3 is 0 Å². The fraction of sp³-hybridized carbons (Fsp3) is 0.167. The molecule has 0 aliphatic carbocycles. The molecule has 0 atom stereocenters. The fourth-order valence-corrected chi connectivity index (χ4v) is 4.81. The second kappa shape index (κ2) is 7.24. The second-order valence-corrected chi connectivity index (χ2v) is 10.2. The number of furan rings is 1. The van der Waals surface area contributed by atoms with Gasteiger partial charge in [-0.05, 0) is 45.8 Å². The molecule has 34 heavy (non-hydrogen) atoms. The Bertz CT molecular complexity index is 1720. The number of hydrogen-bond donors (Lipinski definition) is 0. The summed E-state index contributed by atoms with van der Waals surface area (Å²) in [6.45, 7) is 6.13. The third-order valence-electron chi connectivity index (χ3n) is 7.13. The first kappa shape index (κ1) is 21.0. The van der Waals surface area contributed by atoms with Crippen molar-refractivity contribution in [1.82, 2.24) is 4.98 Å². The molecular weight excluding hydrogens is 412 g/mol. The van der Waals surface area contributed by atoms with Crippen LogP contribution < -0.4 is 0 Å². The zero-order valence-corrected chi connectivity index (χ0v) is 19.6. The average molecular weight is 435 g/mol. The number of hydrogen-bond acceptors (Lipinski definition) is 2. The van der Waals surface area contributed by atoms with Crippen molar-refractivity contribution >= 4 is 59.2 Å². The SMILES string of the molecule is [B]C([B])(c1ccnc(-c2cccc3c2oc2c3ccc3ccc4ccccc4c32)c1)C(C)(C)C. The van der Waals surface area contributed by atoms with Crippen molar-refractivity contribution in [3.63, 3.8) is 0 Å². The van der Waals surface area contributed by atoms with E-state index >= 15 is 0 Å². The van der Waals surface area contributed by atoms with Crippen LogP contribution in [0.5, 0.6) is 0 Å². The van der Waals surface area contributed by atoms with E-state index in [-0.39, 0.29) is 5.41 Å². The highest BCUT2D eigenvalue weighted by Crippen LogP contribution is 2.42. The van der Waals surface area contributed by atoms with Crippen LogP contribution in [-0.2, 0) is 5.21 Å². The monoisotopic (exact) mass is 435 g/mol. The highest BCUT2D eigenvalue weighted by Gasteiger charge is 2.33. The highest BCUT2D eigenvalue weighted by molar-refractivity contribution is 6.40. The van der Waals surface area contributed by atoms with Gasteiger partial charge in [-0.15, -0.1) is 0 Å². The summed E-state index contributed by atoms with van der Waals surface area (Å²) in [5.41, 5.74) is 3.95. The first-order chi connectivity index (χ1) is 16.3. The molecule has 6 rings (SSSR count). The van der Waals surface area contributed by atoms with Gasteiger partial charge in [-0.1, -0.05) is 86.1 Å². The summed E-state index contributed by atoms with van der Waals surface area (Å²) in [6, 6.07) is 27.2. The Balaban J connectivity index is 1.65. The molecule has 0 saturated carbocycles. The van der Waals surface area contributed by atoms with Crippen molar-refractivity contribution in [2.24, 2.45) is 5.41 Å². The molecule has 2 heterocycles. The molecule has 4 radical (unpaired) electrons. The summed E-state index contributed by atoms with van der Waals surface area (Å²) in [7, 11) is 13.2. The van der Waals surface area contributed by atoms with Gasteiger partial charge in [0.2, 0.25) is 0 Å². The number of nitrogens with zero attached hydrogens (tertiary/aromatic N) is 1. The highest BCUT2D eigenvalue weighted by atomic mass is 16.3. The Hall–Kier alpha value is -3.52. The zero-order chi connectivity index (χ0) is 23.7. The lowest BCUT2D eigenvalue weighted by molar-refractivity contribution is 0.358. The number of benzene rings is 4. The molecule has 4 heteroatoms. The molecule has 160 valence electrons. The van der Waals surface area contributed by atoms with Gasteiger partial charge in [0.15, 0.2) is 0 Å². The molecule has 0 amide bonds. The third kappa shape index (κ3) is 3.01. The van der Waals surface area contributed by atoms with Crippen LogP contribution in [0.4, 0.5) is 0 Å². The maximum absolute atomic E-state index is 6.65. The van der Waals surface area contributed by atoms with Gasteiger partial charge in [-0.3, -0.25) is 4.98 Å². The molecule has 0 fully saturated rings. The van der Waals surface area contributed by atoms with Gasteiger partial charge in [0.1, 0.15) is 11.2 Å². The summed E-state index contributed by atoms with van der Waals surface area (Å²) in [4.78, 5) is 4.67. The van der Waals surface area contributed by atoms with E-state index in [0.29, 0.717) is 0 Å². The quantitative estimate of drug-likeness (QED) is 0.208. The first-order valence-electron chi connectivity index (χ1n) is 11.6. The molecule has 0 N–H and O–H groups in total. The largest absolute Gasteiger partial charge is 0.455 e. The number of rotatable bonds is 2. The van der Waals surface area contributed by atoms with Gasteiger partial charge in [-0.25, -0.2) is 0 Å². The molecule has 2 aromatic heterocycles. The summed E-state index contributed by atoms with van der Waals surface area (Å²) >= 11 is 0. The maximum atomic E-state index is 6.65. The minimum Gasteiger partial charge on any atom is -0.455 e. The van der Waals surface area contributed by atoms with Crippen LogP contribution in [-0.4, -0.2) is 20.7 Å². The molecule has 0 bridgehead atoms. The van der Waals surface area contributed by atoms with Crippen molar-refractivity contribution < 1.29 is 4.42 Å².